The van der Waals surface area contributed by atoms with Crippen LogP contribution in [0.3, 0.4) is 0 Å². The monoisotopic (exact) mass is 339 g/mol. The van der Waals surface area contributed by atoms with Crippen LogP contribution in [0.5, 0.6) is 5.75 Å². The van der Waals surface area contributed by atoms with E-state index in [0.29, 0.717) is 23.6 Å². The number of carbonyl (C=O) groups is 2. The van der Waals surface area contributed by atoms with Crippen molar-refractivity contribution in [3.05, 3.63) is 59.7 Å². The Morgan fingerprint density at radius 1 is 1.04 bits per heavy atom. The maximum atomic E-state index is 11.9. The Bertz CT molecular complexity index is 755. The van der Waals surface area contributed by atoms with Crippen LogP contribution >= 0.6 is 0 Å². The number of rotatable bonds is 6. The number of ether oxygens (including phenoxy) is 1. The van der Waals surface area contributed by atoms with Crippen LogP contribution in [0.4, 0.5) is 5.69 Å². The third-order valence-corrected chi connectivity index (χ3v) is 3.41. The van der Waals surface area contributed by atoms with E-state index in [0.717, 1.165) is 12.0 Å². The highest BCUT2D eigenvalue weighted by molar-refractivity contribution is 6.39. The summed E-state index contributed by atoms with van der Waals surface area (Å²) < 4.78 is 5.46. The summed E-state index contributed by atoms with van der Waals surface area (Å²) in [6, 6.07) is 14.6. The molecule has 2 amide bonds. The fourth-order valence-corrected chi connectivity index (χ4v) is 2.10. The third-order valence-electron chi connectivity index (χ3n) is 3.41. The van der Waals surface area contributed by atoms with Gasteiger partial charge in [-0.05, 0) is 43.2 Å². The van der Waals surface area contributed by atoms with Gasteiger partial charge in [0.1, 0.15) is 5.75 Å². The summed E-state index contributed by atoms with van der Waals surface area (Å²) in [6.07, 6.45) is 2.35. The number of hydrogen-bond acceptors (Lipinski definition) is 4. The van der Waals surface area contributed by atoms with E-state index < -0.39 is 11.8 Å². The van der Waals surface area contributed by atoms with Crippen LogP contribution in [0.25, 0.3) is 0 Å². The van der Waals surface area contributed by atoms with E-state index in [1.165, 1.54) is 6.21 Å². The number of nitrogens with one attached hydrogen (secondary N) is 2. The Hall–Kier alpha value is -3.15. The highest BCUT2D eigenvalue weighted by Gasteiger charge is 2.12. The van der Waals surface area contributed by atoms with Crippen molar-refractivity contribution in [3.8, 4) is 5.75 Å². The first kappa shape index (κ1) is 18.2. The molecule has 0 saturated carbocycles. The van der Waals surface area contributed by atoms with Gasteiger partial charge in [-0.3, -0.25) is 9.59 Å². The molecule has 0 spiro atoms. The van der Waals surface area contributed by atoms with E-state index in [9.17, 15) is 9.59 Å². The molecule has 0 heterocycles. The van der Waals surface area contributed by atoms with Crippen molar-refractivity contribution >= 4 is 23.7 Å². The normalized spacial score (nSPS) is 10.5. The minimum Gasteiger partial charge on any atom is -0.493 e. The Morgan fingerprint density at radius 2 is 1.76 bits per heavy atom. The number of anilines is 1. The molecule has 0 radical (unpaired) electrons. The fraction of sp³-hybridized carbons (Fsp3) is 0.211. The molecule has 2 aromatic rings. The predicted octanol–water partition coefficient (Wildman–Crippen LogP) is 2.74. The lowest BCUT2D eigenvalue weighted by Crippen LogP contribution is -2.32. The smallest absolute Gasteiger partial charge is 0.329 e. The number of para-hydroxylation sites is 1. The number of nitrogens with zero attached hydrogens (tertiary/aromatic N) is 1. The molecule has 6 heteroatoms. The van der Waals surface area contributed by atoms with Gasteiger partial charge < -0.3 is 10.1 Å². The number of carbonyl (C=O) groups excluding carboxylic acids is 2. The molecule has 2 aromatic carbocycles. The molecule has 130 valence electrons. The lowest BCUT2D eigenvalue weighted by atomic mass is 10.1. The first-order valence-electron chi connectivity index (χ1n) is 8.09. The van der Waals surface area contributed by atoms with Gasteiger partial charge in [0.05, 0.1) is 12.8 Å². The second kappa shape index (κ2) is 9.22. The van der Waals surface area contributed by atoms with Crippen LogP contribution < -0.4 is 15.5 Å². The average molecular weight is 339 g/mol. The summed E-state index contributed by atoms with van der Waals surface area (Å²) in [4.78, 5) is 23.7. The summed E-state index contributed by atoms with van der Waals surface area (Å²) >= 11 is 0. The van der Waals surface area contributed by atoms with Crippen molar-refractivity contribution in [2.24, 2.45) is 5.10 Å². The van der Waals surface area contributed by atoms with Gasteiger partial charge in [-0.1, -0.05) is 31.2 Å². The van der Waals surface area contributed by atoms with Gasteiger partial charge in [-0.15, -0.1) is 0 Å². The van der Waals surface area contributed by atoms with Gasteiger partial charge in [0.15, 0.2) is 0 Å². The largest absolute Gasteiger partial charge is 0.493 e. The maximum absolute atomic E-state index is 11.9. The van der Waals surface area contributed by atoms with Gasteiger partial charge in [-0.25, -0.2) is 5.43 Å². The first-order valence-corrected chi connectivity index (χ1v) is 8.09. The second-order valence-electron chi connectivity index (χ2n) is 5.17. The van der Waals surface area contributed by atoms with Crippen LogP contribution in [0.15, 0.2) is 53.6 Å². The molecule has 0 bridgehead atoms. The quantitative estimate of drug-likeness (QED) is 0.482. The summed E-state index contributed by atoms with van der Waals surface area (Å²) in [6.45, 7) is 4.45. The van der Waals surface area contributed by atoms with Gasteiger partial charge in [0, 0.05) is 11.3 Å². The Balaban J connectivity index is 1.91. The van der Waals surface area contributed by atoms with Crippen LogP contribution in [0.1, 0.15) is 25.0 Å². The molecule has 0 aliphatic carbocycles. The Morgan fingerprint density at radius 3 is 2.44 bits per heavy atom. The van der Waals surface area contributed by atoms with Crippen LogP contribution in [-0.2, 0) is 16.0 Å². The lowest BCUT2D eigenvalue weighted by Gasteiger charge is -2.06. The second-order valence-corrected chi connectivity index (χ2v) is 5.17. The standard InChI is InChI=1S/C19H21N3O3/c1-3-14-9-11-16(12-10-14)21-18(23)19(24)22-20-13-15-7-5-6-8-17(15)25-4-2/h5-13H,3-4H2,1-2H3,(H,21,23)(H,22,24)/b20-13-. The average Bonchev–Trinajstić information content (AvgIpc) is 2.64. The molecule has 0 aromatic heterocycles. The van der Waals surface area contributed by atoms with E-state index in [-0.39, 0.29) is 0 Å². The SMILES string of the molecule is CCOc1ccccc1/C=N\NC(=O)C(=O)Nc1ccc(CC)cc1. The van der Waals surface area contributed by atoms with Crippen molar-refractivity contribution in [1.82, 2.24) is 5.43 Å². The van der Waals surface area contributed by atoms with Crippen molar-refractivity contribution in [1.29, 1.82) is 0 Å². The maximum Gasteiger partial charge on any atom is 0.329 e. The lowest BCUT2D eigenvalue weighted by molar-refractivity contribution is -0.136. The number of hydrogen-bond donors (Lipinski definition) is 2. The van der Waals surface area contributed by atoms with E-state index in [2.05, 4.69) is 15.8 Å². The van der Waals surface area contributed by atoms with Gasteiger partial charge in [0.2, 0.25) is 0 Å². The Kier molecular flexibility index (Phi) is 6.71. The van der Waals surface area contributed by atoms with Crippen LogP contribution in [-0.4, -0.2) is 24.6 Å². The predicted molar refractivity (Wildman–Crippen MR) is 97.8 cm³/mol. The number of hydrazone groups is 1. The van der Waals surface area contributed by atoms with Crippen LogP contribution in [0.2, 0.25) is 0 Å². The fourth-order valence-electron chi connectivity index (χ4n) is 2.10. The zero-order valence-corrected chi connectivity index (χ0v) is 14.3. The molecule has 0 unspecified atom stereocenters. The van der Waals surface area contributed by atoms with Gasteiger partial charge in [-0.2, -0.15) is 5.10 Å². The van der Waals surface area contributed by atoms with Crippen molar-refractivity contribution in [2.75, 3.05) is 11.9 Å². The summed E-state index contributed by atoms with van der Waals surface area (Å²) in [5.74, 6) is -0.965. The molecular formula is C19H21N3O3. The molecule has 0 fully saturated rings. The molecule has 2 rings (SSSR count). The number of benzene rings is 2. The van der Waals surface area contributed by atoms with E-state index in [4.69, 9.17) is 4.74 Å². The number of aryl methyl sites for hydroxylation is 1. The third kappa shape index (κ3) is 5.46. The molecule has 0 saturated heterocycles. The molecular weight excluding hydrogens is 318 g/mol. The van der Waals surface area contributed by atoms with Crippen molar-refractivity contribution in [2.45, 2.75) is 20.3 Å². The van der Waals surface area contributed by atoms with E-state index in [1.54, 1.807) is 24.3 Å². The summed E-state index contributed by atoms with van der Waals surface area (Å²) in [7, 11) is 0. The Labute approximate surface area is 146 Å². The zero-order valence-electron chi connectivity index (χ0n) is 14.3. The number of amides is 2. The minimum atomic E-state index is -0.843. The minimum absolute atomic E-state index is 0.524. The molecule has 0 aliphatic rings. The molecule has 2 N–H and O–H groups in total. The van der Waals surface area contributed by atoms with Crippen LogP contribution in [0, 0.1) is 0 Å². The highest BCUT2D eigenvalue weighted by Crippen LogP contribution is 2.15. The van der Waals surface area contributed by atoms with E-state index >= 15 is 0 Å². The molecule has 0 atom stereocenters. The van der Waals surface area contributed by atoms with Gasteiger partial charge in [0.25, 0.3) is 0 Å². The van der Waals surface area contributed by atoms with Crippen molar-refractivity contribution in [3.63, 3.8) is 0 Å². The topological polar surface area (TPSA) is 79.8 Å². The zero-order chi connectivity index (χ0) is 18.1. The van der Waals surface area contributed by atoms with Gasteiger partial charge >= 0.3 is 11.8 Å². The molecule has 0 aliphatic heterocycles. The molecule has 6 nitrogen and oxygen atoms in total. The van der Waals surface area contributed by atoms with E-state index in [1.807, 2.05) is 38.1 Å². The van der Waals surface area contributed by atoms with Crippen molar-refractivity contribution < 1.29 is 14.3 Å². The molecule has 25 heavy (non-hydrogen) atoms. The summed E-state index contributed by atoms with van der Waals surface area (Å²) in [5, 5.41) is 6.33. The summed E-state index contributed by atoms with van der Waals surface area (Å²) in [5.41, 5.74) is 4.63. The highest BCUT2D eigenvalue weighted by atomic mass is 16.5. The first-order chi connectivity index (χ1) is 12.1.